The summed E-state index contributed by atoms with van der Waals surface area (Å²) < 4.78 is 26.2. The molecule has 120 valence electrons. The van der Waals surface area contributed by atoms with Gasteiger partial charge in [-0.05, 0) is 41.5 Å². The molecular formula is C15H13ClN2O4S. The molecule has 0 fully saturated rings. The van der Waals surface area contributed by atoms with Gasteiger partial charge in [-0.2, -0.15) is 0 Å². The number of halogens is 1. The number of sulfonamides is 1. The van der Waals surface area contributed by atoms with Crippen molar-refractivity contribution in [2.24, 2.45) is 0 Å². The van der Waals surface area contributed by atoms with E-state index in [0.29, 0.717) is 10.6 Å². The Morgan fingerprint density at radius 1 is 1.09 bits per heavy atom. The van der Waals surface area contributed by atoms with Gasteiger partial charge in [0.1, 0.15) is 0 Å². The lowest BCUT2D eigenvalue weighted by molar-refractivity contribution is -0.384. The number of nitrogens with one attached hydrogen (secondary N) is 1. The number of hydrogen-bond acceptors (Lipinski definition) is 4. The Morgan fingerprint density at radius 3 is 2.26 bits per heavy atom. The number of rotatable bonds is 6. The van der Waals surface area contributed by atoms with E-state index < -0.39 is 14.9 Å². The van der Waals surface area contributed by atoms with Gasteiger partial charge in [-0.1, -0.05) is 23.7 Å². The highest BCUT2D eigenvalue weighted by atomic mass is 35.5. The summed E-state index contributed by atoms with van der Waals surface area (Å²) in [5, 5.41) is 12.1. The molecule has 0 bridgehead atoms. The van der Waals surface area contributed by atoms with Crippen molar-refractivity contribution in [3.05, 3.63) is 80.2 Å². The van der Waals surface area contributed by atoms with Crippen molar-refractivity contribution in [1.29, 1.82) is 0 Å². The van der Waals surface area contributed by atoms with Crippen LogP contribution in [0.2, 0.25) is 5.02 Å². The number of nitrogens with zero attached hydrogens (tertiary/aromatic N) is 1. The average Bonchev–Trinajstić information content (AvgIpc) is 2.53. The molecule has 2 aromatic carbocycles. The third kappa shape index (κ3) is 5.48. The first kappa shape index (κ1) is 17.1. The van der Waals surface area contributed by atoms with Crippen molar-refractivity contribution < 1.29 is 13.3 Å². The minimum atomic E-state index is -3.61. The molecule has 6 nitrogen and oxygen atoms in total. The van der Waals surface area contributed by atoms with Crippen molar-refractivity contribution in [1.82, 2.24) is 4.72 Å². The van der Waals surface area contributed by atoms with Gasteiger partial charge in [0.2, 0.25) is 10.0 Å². The molecule has 0 amide bonds. The first-order valence-corrected chi connectivity index (χ1v) is 8.45. The van der Waals surface area contributed by atoms with Gasteiger partial charge in [0, 0.05) is 29.1 Å². The first-order chi connectivity index (χ1) is 10.9. The molecule has 0 aromatic heterocycles. The predicted molar refractivity (Wildman–Crippen MR) is 89.3 cm³/mol. The van der Waals surface area contributed by atoms with Gasteiger partial charge in [-0.15, -0.1) is 0 Å². The van der Waals surface area contributed by atoms with Gasteiger partial charge >= 0.3 is 0 Å². The SMILES string of the molecule is O=[N+]([O-])c1ccc(C=CS(=O)(=O)NCc2ccc(Cl)cc2)cc1. The van der Waals surface area contributed by atoms with Crippen LogP contribution in [0.4, 0.5) is 5.69 Å². The molecule has 0 saturated heterocycles. The first-order valence-electron chi connectivity index (χ1n) is 6.52. The molecule has 1 N–H and O–H groups in total. The monoisotopic (exact) mass is 352 g/mol. The molecule has 0 aliphatic rings. The standard InChI is InChI=1S/C15H13ClN2O4S/c16-14-5-1-13(2-6-14)11-17-23(21,22)10-9-12-3-7-15(8-4-12)18(19)20/h1-10,17H,11H2. The predicted octanol–water partition coefficient (Wildman–Crippen LogP) is 3.34. The zero-order valence-electron chi connectivity index (χ0n) is 11.8. The Kier molecular flexibility index (Phi) is 5.49. The fourth-order valence-electron chi connectivity index (χ4n) is 1.71. The van der Waals surface area contributed by atoms with Crippen molar-refractivity contribution in [2.45, 2.75) is 6.54 Å². The minimum absolute atomic E-state index is 0.0501. The zero-order chi connectivity index (χ0) is 16.9. The molecule has 0 atom stereocenters. The molecular weight excluding hydrogens is 340 g/mol. The number of nitro groups is 1. The van der Waals surface area contributed by atoms with Gasteiger partial charge in [-0.3, -0.25) is 10.1 Å². The van der Waals surface area contributed by atoms with Gasteiger partial charge in [-0.25, -0.2) is 13.1 Å². The molecule has 0 unspecified atom stereocenters. The normalized spacial score (nSPS) is 11.7. The third-order valence-electron chi connectivity index (χ3n) is 2.93. The van der Waals surface area contributed by atoms with Crippen molar-refractivity contribution in [3.8, 4) is 0 Å². The van der Waals surface area contributed by atoms with Gasteiger partial charge in [0.25, 0.3) is 5.69 Å². The molecule has 0 saturated carbocycles. The lowest BCUT2D eigenvalue weighted by atomic mass is 10.2. The molecule has 0 aliphatic heterocycles. The Balaban J connectivity index is 1.99. The van der Waals surface area contributed by atoms with E-state index in [1.165, 1.54) is 30.3 Å². The highest BCUT2D eigenvalue weighted by Gasteiger charge is 2.06. The number of benzene rings is 2. The van der Waals surface area contributed by atoms with Crippen LogP contribution in [0.25, 0.3) is 6.08 Å². The maximum absolute atomic E-state index is 11.9. The van der Waals surface area contributed by atoms with E-state index in [9.17, 15) is 18.5 Å². The van der Waals surface area contributed by atoms with Crippen LogP contribution in [0, 0.1) is 10.1 Å². The topological polar surface area (TPSA) is 89.3 Å². The molecule has 0 radical (unpaired) electrons. The van der Waals surface area contributed by atoms with Crippen molar-refractivity contribution in [3.63, 3.8) is 0 Å². The van der Waals surface area contributed by atoms with E-state index in [0.717, 1.165) is 11.0 Å². The highest BCUT2D eigenvalue weighted by Crippen LogP contribution is 2.13. The smallest absolute Gasteiger partial charge is 0.258 e. The van der Waals surface area contributed by atoms with Crippen molar-refractivity contribution in [2.75, 3.05) is 0 Å². The fraction of sp³-hybridized carbons (Fsp3) is 0.0667. The van der Waals surface area contributed by atoms with Crippen LogP contribution >= 0.6 is 11.6 Å². The van der Waals surface area contributed by atoms with Crippen LogP contribution in [0.15, 0.2) is 53.9 Å². The summed E-state index contributed by atoms with van der Waals surface area (Å²) >= 11 is 5.76. The summed E-state index contributed by atoms with van der Waals surface area (Å²) in [6.45, 7) is 0.143. The van der Waals surface area contributed by atoms with Gasteiger partial charge in [0.15, 0.2) is 0 Å². The Hall–Kier alpha value is -2.22. The van der Waals surface area contributed by atoms with E-state index in [4.69, 9.17) is 11.6 Å². The third-order valence-corrected chi connectivity index (χ3v) is 4.23. The summed E-state index contributed by atoms with van der Waals surface area (Å²) in [4.78, 5) is 10.0. The summed E-state index contributed by atoms with van der Waals surface area (Å²) in [6.07, 6.45) is 1.37. The molecule has 0 spiro atoms. The molecule has 8 heteroatoms. The van der Waals surface area contributed by atoms with Crippen molar-refractivity contribution >= 4 is 33.4 Å². The minimum Gasteiger partial charge on any atom is -0.258 e. The fourth-order valence-corrected chi connectivity index (χ4v) is 2.64. The maximum Gasteiger partial charge on any atom is 0.269 e. The summed E-state index contributed by atoms with van der Waals surface area (Å²) in [5.74, 6) is 0. The Labute approximate surface area is 138 Å². The maximum atomic E-state index is 11.9. The van der Waals surface area contributed by atoms with Gasteiger partial charge < -0.3 is 0 Å². The molecule has 0 aliphatic carbocycles. The summed E-state index contributed by atoms with van der Waals surface area (Å²) in [6, 6.07) is 12.4. The second-order valence-electron chi connectivity index (χ2n) is 4.64. The Bertz CT molecular complexity index is 816. The Morgan fingerprint density at radius 2 is 1.70 bits per heavy atom. The summed E-state index contributed by atoms with van der Waals surface area (Å²) in [7, 11) is -3.61. The summed E-state index contributed by atoms with van der Waals surface area (Å²) in [5.41, 5.74) is 1.28. The largest absolute Gasteiger partial charge is 0.269 e. The van der Waals surface area contributed by atoms with E-state index in [-0.39, 0.29) is 12.2 Å². The second kappa shape index (κ2) is 7.36. The second-order valence-corrected chi connectivity index (χ2v) is 6.73. The van der Waals surface area contributed by atoms with Crippen LogP contribution in [0.5, 0.6) is 0 Å². The van der Waals surface area contributed by atoms with Crippen LogP contribution < -0.4 is 4.72 Å². The van der Waals surface area contributed by atoms with E-state index in [2.05, 4.69) is 4.72 Å². The lowest BCUT2D eigenvalue weighted by Crippen LogP contribution is -2.20. The van der Waals surface area contributed by atoms with Crippen LogP contribution in [-0.4, -0.2) is 13.3 Å². The average molecular weight is 353 g/mol. The zero-order valence-corrected chi connectivity index (χ0v) is 13.4. The van der Waals surface area contributed by atoms with Crippen LogP contribution in [0.1, 0.15) is 11.1 Å². The number of non-ortho nitro benzene ring substituents is 1. The quantitative estimate of drug-likeness (QED) is 0.637. The van der Waals surface area contributed by atoms with E-state index in [1.54, 1.807) is 24.3 Å². The number of nitro benzene ring substituents is 1. The lowest BCUT2D eigenvalue weighted by Gasteiger charge is -2.03. The van der Waals surface area contributed by atoms with Crippen LogP contribution in [0.3, 0.4) is 0 Å². The van der Waals surface area contributed by atoms with E-state index in [1.807, 2.05) is 0 Å². The highest BCUT2D eigenvalue weighted by molar-refractivity contribution is 7.92. The van der Waals surface area contributed by atoms with Crippen LogP contribution in [-0.2, 0) is 16.6 Å². The molecule has 2 rings (SSSR count). The molecule has 23 heavy (non-hydrogen) atoms. The number of hydrogen-bond donors (Lipinski definition) is 1. The van der Waals surface area contributed by atoms with Gasteiger partial charge in [0.05, 0.1) is 4.92 Å². The molecule has 2 aromatic rings. The van der Waals surface area contributed by atoms with E-state index >= 15 is 0 Å². The molecule has 0 heterocycles.